The minimum Gasteiger partial charge on any atom is -0.309 e. The molecule has 2 aromatic rings. The van der Waals surface area contributed by atoms with Gasteiger partial charge in [-0.3, -0.25) is 9.89 Å². The third-order valence-electron chi connectivity index (χ3n) is 4.28. The molecule has 122 valence electrons. The summed E-state index contributed by atoms with van der Waals surface area (Å²) in [6.45, 7) is 0. The predicted molar refractivity (Wildman–Crippen MR) is 82.2 cm³/mol. The molecule has 4 nitrogen and oxygen atoms in total. The van der Waals surface area contributed by atoms with E-state index in [2.05, 4.69) is 15.5 Å². The van der Waals surface area contributed by atoms with Gasteiger partial charge in [-0.05, 0) is 23.3 Å². The average molecular weight is 331 g/mol. The van der Waals surface area contributed by atoms with Gasteiger partial charge in [0.25, 0.3) is 0 Å². The number of rotatable bonds is 2. The van der Waals surface area contributed by atoms with Crippen molar-refractivity contribution in [3.8, 4) is 0 Å². The lowest BCUT2D eigenvalue weighted by atomic mass is 9.83. The van der Waals surface area contributed by atoms with Gasteiger partial charge in [-0.15, -0.1) is 0 Å². The first-order valence-electron chi connectivity index (χ1n) is 7.37. The number of amides is 1. The number of H-pyrrole nitrogens is 1. The summed E-state index contributed by atoms with van der Waals surface area (Å²) in [4.78, 5) is 11.9. The predicted octanol–water partition coefficient (Wildman–Crippen LogP) is 3.86. The Morgan fingerprint density at radius 3 is 2.46 bits per heavy atom. The highest BCUT2D eigenvalue weighted by Gasteiger charge is 2.34. The number of halogens is 3. The Morgan fingerprint density at radius 1 is 1.17 bits per heavy atom. The first kappa shape index (κ1) is 14.7. The Kier molecular flexibility index (Phi) is 3.13. The van der Waals surface area contributed by atoms with Gasteiger partial charge < -0.3 is 5.32 Å². The van der Waals surface area contributed by atoms with Crippen LogP contribution < -0.4 is 5.32 Å². The van der Waals surface area contributed by atoms with Gasteiger partial charge in [0.15, 0.2) is 5.82 Å². The Morgan fingerprint density at radius 2 is 1.88 bits per heavy atom. The largest absolute Gasteiger partial charge is 0.416 e. The van der Waals surface area contributed by atoms with Crippen LogP contribution in [0.3, 0.4) is 0 Å². The summed E-state index contributed by atoms with van der Waals surface area (Å²) in [6, 6.07) is 4.95. The number of fused-ring (bicyclic) bond motifs is 1. The second-order valence-electron chi connectivity index (χ2n) is 5.77. The molecule has 0 fully saturated rings. The van der Waals surface area contributed by atoms with Crippen LogP contribution in [0.25, 0.3) is 5.57 Å². The highest BCUT2D eigenvalue weighted by atomic mass is 19.4. The number of carbonyl (C=O) groups excluding carboxylic acids is 1. The summed E-state index contributed by atoms with van der Waals surface area (Å²) in [6.07, 6.45) is 1.50. The zero-order valence-electron chi connectivity index (χ0n) is 12.3. The number of nitrogens with one attached hydrogen (secondary N) is 2. The zero-order chi connectivity index (χ0) is 16.9. The maximum absolute atomic E-state index is 12.7. The van der Waals surface area contributed by atoms with Gasteiger partial charge in [-0.2, -0.15) is 18.3 Å². The SMILES string of the molecule is O=C1CC(c2ccc(C(F)(F)F)cc2)c2c(n[nH]c2C2=CC=C2)N1. The van der Waals surface area contributed by atoms with Crippen LogP contribution in [0.1, 0.15) is 34.7 Å². The molecule has 0 radical (unpaired) electrons. The van der Waals surface area contributed by atoms with Crippen molar-refractivity contribution in [3.05, 3.63) is 64.9 Å². The lowest BCUT2D eigenvalue weighted by molar-refractivity contribution is -0.137. The minimum atomic E-state index is -4.38. The normalized spacial score (nSPS) is 19.4. The molecule has 1 aliphatic carbocycles. The van der Waals surface area contributed by atoms with Crippen molar-refractivity contribution in [1.29, 1.82) is 0 Å². The van der Waals surface area contributed by atoms with Gasteiger partial charge >= 0.3 is 6.18 Å². The van der Waals surface area contributed by atoms with Crippen molar-refractivity contribution in [2.75, 3.05) is 5.32 Å². The third kappa shape index (κ3) is 2.33. The summed E-state index contributed by atoms with van der Waals surface area (Å²) < 4.78 is 38.2. The van der Waals surface area contributed by atoms with E-state index in [4.69, 9.17) is 0 Å². The zero-order valence-corrected chi connectivity index (χ0v) is 12.3. The first-order valence-corrected chi connectivity index (χ1v) is 7.37. The van der Waals surface area contributed by atoms with Crippen LogP contribution in [0, 0.1) is 0 Å². The van der Waals surface area contributed by atoms with E-state index in [1.54, 1.807) is 0 Å². The van der Waals surface area contributed by atoms with E-state index in [9.17, 15) is 18.0 Å². The topological polar surface area (TPSA) is 57.8 Å². The molecule has 2 heterocycles. The maximum atomic E-state index is 12.7. The molecule has 1 amide bonds. The fourth-order valence-electron chi connectivity index (χ4n) is 3.02. The maximum Gasteiger partial charge on any atom is 0.416 e. The number of anilines is 1. The van der Waals surface area contributed by atoms with E-state index in [0.29, 0.717) is 11.4 Å². The van der Waals surface area contributed by atoms with Gasteiger partial charge in [0.2, 0.25) is 5.91 Å². The molecule has 1 atom stereocenters. The van der Waals surface area contributed by atoms with Crippen LogP contribution in [0.4, 0.5) is 19.0 Å². The molecule has 1 aliphatic heterocycles. The summed E-state index contributed by atoms with van der Waals surface area (Å²) in [5, 5.41) is 9.75. The number of nitrogens with zero attached hydrogens (tertiary/aromatic N) is 1. The minimum absolute atomic E-state index is 0.169. The quantitative estimate of drug-likeness (QED) is 0.878. The van der Waals surface area contributed by atoms with E-state index in [1.165, 1.54) is 12.1 Å². The summed E-state index contributed by atoms with van der Waals surface area (Å²) in [7, 11) is 0. The van der Waals surface area contributed by atoms with E-state index >= 15 is 0 Å². The van der Waals surface area contributed by atoms with Crippen molar-refractivity contribution >= 4 is 17.3 Å². The molecule has 0 saturated heterocycles. The molecule has 1 aromatic heterocycles. The summed E-state index contributed by atoms with van der Waals surface area (Å²) >= 11 is 0. The van der Waals surface area contributed by atoms with Gasteiger partial charge in [0.05, 0.1) is 11.3 Å². The van der Waals surface area contributed by atoms with Gasteiger partial charge in [0, 0.05) is 17.9 Å². The number of carbonyl (C=O) groups is 1. The number of aromatic amines is 1. The molecule has 1 unspecified atom stereocenters. The average Bonchev–Trinajstić information content (AvgIpc) is 2.87. The molecule has 0 spiro atoms. The second-order valence-corrected chi connectivity index (χ2v) is 5.77. The Balaban J connectivity index is 1.76. The standard InChI is InChI=1S/C17H12F3N3O/c18-17(19,20)11-6-4-9(5-7-11)12-8-13(24)21-16-14(12)15(22-23-16)10-2-1-3-10/h1-7,12H,8H2,(H2,21,22,23,24). The van der Waals surface area contributed by atoms with Crippen molar-refractivity contribution in [2.45, 2.75) is 18.5 Å². The number of aromatic nitrogens is 2. The molecule has 0 saturated carbocycles. The first-order chi connectivity index (χ1) is 11.4. The van der Waals surface area contributed by atoms with E-state index in [1.807, 2.05) is 18.2 Å². The van der Waals surface area contributed by atoms with Crippen LogP contribution in [-0.4, -0.2) is 16.1 Å². The molecule has 1 aromatic carbocycles. The Labute approximate surface area is 135 Å². The molecule has 0 bridgehead atoms. The fraction of sp³-hybridized carbons (Fsp3) is 0.176. The molecular weight excluding hydrogens is 319 g/mol. The van der Waals surface area contributed by atoms with Crippen LogP contribution in [0.15, 0.2) is 42.5 Å². The van der Waals surface area contributed by atoms with Gasteiger partial charge in [-0.1, -0.05) is 30.4 Å². The lowest BCUT2D eigenvalue weighted by Gasteiger charge is -2.24. The molecule has 4 rings (SSSR count). The number of allylic oxidation sites excluding steroid dienone is 4. The summed E-state index contributed by atoms with van der Waals surface area (Å²) in [5.74, 6) is -0.101. The smallest absolute Gasteiger partial charge is 0.309 e. The Hall–Kier alpha value is -2.83. The van der Waals surface area contributed by atoms with Crippen LogP contribution in [-0.2, 0) is 11.0 Å². The van der Waals surface area contributed by atoms with Crippen LogP contribution in [0.2, 0.25) is 0 Å². The van der Waals surface area contributed by atoms with Crippen molar-refractivity contribution in [1.82, 2.24) is 10.2 Å². The van der Waals surface area contributed by atoms with Gasteiger partial charge in [0.1, 0.15) is 0 Å². The van der Waals surface area contributed by atoms with Crippen molar-refractivity contribution < 1.29 is 18.0 Å². The third-order valence-corrected chi connectivity index (χ3v) is 4.28. The molecular formula is C17H12F3N3O. The monoisotopic (exact) mass is 331 g/mol. The van der Waals surface area contributed by atoms with Crippen LogP contribution >= 0.6 is 0 Å². The van der Waals surface area contributed by atoms with Crippen molar-refractivity contribution in [2.24, 2.45) is 0 Å². The molecule has 2 N–H and O–H groups in total. The fourth-order valence-corrected chi connectivity index (χ4v) is 3.02. The van der Waals surface area contributed by atoms with Crippen LogP contribution in [0.5, 0.6) is 0 Å². The molecule has 7 heteroatoms. The number of hydrogen-bond donors (Lipinski definition) is 2. The molecule has 24 heavy (non-hydrogen) atoms. The molecule has 2 aliphatic rings. The number of alkyl halides is 3. The van der Waals surface area contributed by atoms with E-state index in [0.717, 1.165) is 29.0 Å². The highest BCUT2D eigenvalue weighted by Crippen LogP contribution is 2.42. The second kappa shape index (κ2) is 5.09. The number of benzene rings is 1. The highest BCUT2D eigenvalue weighted by molar-refractivity contribution is 5.96. The summed E-state index contributed by atoms with van der Waals surface area (Å²) in [5.41, 5.74) is 2.51. The lowest BCUT2D eigenvalue weighted by Crippen LogP contribution is -2.23. The Bertz CT molecular complexity index is 875. The van der Waals surface area contributed by atoms with E-state index in [-0.39, 0.29) is 18.2 Å². The van der Waals surface area contributed by atoms with Crippen molar-refractivity contribution in [3.63, 3.8) is 0 Å². The van der Waals surface area contributed by atoms with E-state index < -0.39 is 11.7 Å². The van der Waals surface area contributed by atoms with Gasteiger partial charge in [-0.25, -0.2) is 0 Å². The number of hydrogen-bond acceptors (Lipinski definition) is 2.